The quantitative estimate of drug-likeness (QED) is 0.749. The molecule has 5 heteroatoms. The molecule has 1 aliphatic rings. The Morgan fingerprint density at radius 3 is 2.65 bits per heavy atom. The summed E-state index contributed by atoms with van der Waals surface area (Å²) >= 11 is 0. The van der Waals surface area contributed by atoms with Crippen molar-refractivity contribution in [2.45, 2.75) is 38.6 Å². The maximum absolute atomic E-state index is 11.4. The maximum atomic E-state index is 11.4. The highest BCUT2D eigenvalue weighted by Crippen LogP contribution is 2.35. The normalized spacial score (nSPS) is 16.1. The molecule has 0 bridgehead atoms. The third kappa shape index (κ3) is 2.09. The van der Waals surface area contributed by atoms with Gasteiger partial charge in [-0.2, -0.15) is 5.10 Å². The number of nitrogens with zero attached hydrogens (tertiary/aromatic N) is 2. The molecule has 0 unspecified atom stereocenters. The third-order valence-corrected chi connectivity index (χ3v) is 3.01. The summed E-state index contributed by atoms with van der Waals surface area (Å²) in [7, 11) is 1.34. The molecule has 5 nitrogen and oxygen atoms in total. The number of carbonyl (C=O) groups excluding carboxylic acids is 2. The van der Waals surface area contributed by atoms with E-state index >= 15 is 0 Å². The summed E-state index contributed by atoms with van der Waals surface area (Å²) in [4.78, 5) is 22.5. The summed E-state index contributed by atoms with van der Waals surface area (Å²) in [6.07, 6.45) is 1.11. The molecule has 1 aliphatic carbocycles. The minimum absolute atomic E-state index is 0.166. The molecule has 92 valence electrons. The molecule has 0 N–H and O–H groups in total. The maximum Gasteiger partial charge on any atom is 0.358 e. The second-order valence-corrected chi connectivity index (χ2v) is 4.63. The van der Waals surface area contributed by atoms with Gasteiger partial charge in [0.15, 0.2) is 5.69 Å². The molecular formula is C12H16N2O3. The molecule has 1 fully saturated rings. The van der Waals surface area contributed by atoms with E-state index in [2.05, 4.69) is 9.84 Å². The molecule has 0 spiro atoms. The van der Waals surface area contributed by atoms with Crippen LogP contribution in [0.1, 0.15) is 54.8 Å². The molecule has 0 atom stereocenters. The first-order chi connectivity index (χ1) is 8.02. The number of Topliss-reactive ketones (excluding diaryl/α,β-unsaturated/α-hetero) is 1. The van der Waals surface area contributed by atoms with Gasteiger partial charge in [-0.25, -0.2) is 4.79 Å². The van der Waals surface area contributed by atoms with Gasteiger partial charge in [0, 0.05) is 30.5 Å². The summed E-state index contributed by atoms with van der Waals surface area (Å²) < 4.78 is 6.46. The van der Waals surface area contributed by atoms with Crippen LogP contribution in [-0.2, 0) is 9.53 Å². The standard InChI is InChI=1S/C12H16N2O3/c1-7(2)14-11(8-4-9(15)5-8)6-10(13-14)12(16)17-3/h6-8H,4-5H2,1-3H3. The molecule has 0 saturated heterocycles. The van der Waals surface area contributed by atoms with Crippen LogP contribution in [0.3, 0.4) is 0 Å². The fourth-order valence-corrected chi connectivity index (χ4v) is 2.03. The highest BCUT2D eigenvalue weighted by Gasteiger charge is 2.32. The second-order valence-electron chi connectivity index (χ2n) is 4.63. The van der Waals surface area contributed by atoms with Crippen molar-refractivity contribution >= 4 is 11.8 Å². The molecule has 0 aliphatic heterocycles. The average molecular weight is 236 g/mol. The summed E-state index contributed by atoms with van der Waals surface area (Å²) in [5.41, 5.74) is 1.27. The Bertz CT molecular complexity index is 454. The monoisotopic (exact) mass is 236 g/mol. The molecule has 2 rings (SSSR count). The first-order valence-corrected chi connectivity index (χ1v) is 5.72. The third-order valence-electron chi connectivity index (χ3n) is 3.01. The lowest BCUT2D eigenvalue weighted by atomic mass is 9.81. The number of esters is 1. The summed E-state index contributed by atoms with van der Waals surface area (Å²) in [6, 6.07) is 1.90. The predicted octanol–water partition coefficient (Wildman–Crippen LogP) is 1.70. The lowest BCUT2D eigenvalue weighted by Gasteiger charge is -2.25. The van der Waals surface area contributed by atoms with E-state index in [9.17, 15) is 9.59 Å². The SMILES string of the molecule is COC(=O)c1cc(C2CC(=O)C2)n(C(C)C)n1. The van der Waals surface area contributed by atoms with Crippen molar-refractivity contribution in [2.75, 3.05) is 7.11 Å². The Kier molecular flexibility index (Phi) is 3.00. The van der Waals surface area contributed by atoms with E-state index < -0.39 is 5.97 Å². The van der Waals surface area contributed by atoms with E-state index in [0.717, 1.165) is 5.69 Å². The molecule has 1 heterocycles. The number of ketones is 1. The van der Waals surface area contributed by atoms with Crippen molar-refractivity contribution in [3.05, 3.63) is 17.5 Å². The lowest BCUT2D eigenvalue weighted by Crippen LogP contribution is -2.24. The first kappa shape index (κ1) is 11.8. The molecule has 0 aromatic carbocycles. The van der Waals surface area contributed by atoms with Crippen molar-refractivity contribution in [3.63, 3.8) is 0 Å². The molecule has 17 heavy (non-hydrogen) atoms. The Morgan fingerprint density at radius 1 is 1.53 bits per heavy atom. The highest BCUT2D eigenvalue weighted by atomic mass is 16.5. The van der Waals surface area contributed by atoms with Gasteiger partial charge in [0.2, 0.25) is 0 Å². The number of hydrogen-bond acceptors (Lipinski definition) is 4. The van der Waals surface area contributed by atoms with Crippen LogP contribution in [0.4, 0.5) is 0 Å². The van der Waals surface area contributed by atoms with Gasteiger partial charge in [-0.3, -0.25) is 9.48 Å². The largest absolute Gasteiger partial charge is 0.464 e. The zero-order valence-electron chi connectivity index (χ0n) is 10.3. The van der Waals surface area contributed by atoms with Gasteiger partial charge in [-0.1, -0.05) is 0 Å². The minimum Gasteiger partial charge on any atom is -0.464 e. The summed E-state index contributed by atoms with van der Waals surface area (Å²) in [6.45, 7) is 4.00. The van der Waals surface area contributed by atoms with Gasteiger partial charge in [-0.15, -0.1) is 0 Å². The molecule has 1 aromatic heterocycles. The van der Waals surface area contributed by atoms with Gasteiger partial charge in [0.1, 0.15) is 5.78 Å². The van der Waals surface area contributed by atoms with E-state index in [1.165, 1.54) is 7.11 Å². The number of rotatable bonds is 3. The van der Waals surface area contributed by atoms with Crippen molar-refractivity contribution in [3.8, 4) is 0 Å². The van der Waals surface area contributed by atoms with Crippen molar-refractivity contribution in [2.24, 2.45) is 0 Å². The van der Waals surface area contributed by atoms with Crippen LogP contribution >= 0.6 is 0 Å². The molecule has 1 aromatic rings. The van der Waals surface area contributed by atoms with Crippen molar-refractivity contribution < 1.29 is 14.3 Å². The Labute approximate surface area is 99.8 Å². The van der Waals surface area contributed by atoms with Crippen molar-refractivity contribution in [1.82, 2.24) is 9.78 Å². The number of aromatic nitrogens is 2. The molecule has 0 amide bonds. The predicted molar refractivity (Wildman–Crippen MR) is 60.9 cm³/mol. The van der Waals surface area contributed by atoms with Crippen molar-refractivity contribution in [1.29, 1.82) is 0 Å². The fraction of sp³-hybridized carbons (Fsp3) is 0.583. The first-order valence-electron chi connectivity index (χ1n) is 5.72. The van der Waals surface area contributed by atoms with Gasteiger partial charge in [-0.05, 0) is 19.9 Å². The van der Waals surface area contributed by atoms with Gasteiger partial charge in [0.05, 0.1) is 7.11 Å². The van der Waals surface area contributed by atoms with E-state index in [0.29, 0.717) is 18.5 Å². The molecular weight excluding hydrogens is 220 g/mol. The Morgan fingerprint density at radius 2 is 2.18 bits per heavy atom. The van der Waals surface area contributed by atoms with E-state index in [4.69, 9.17) is 0 Å². The number of ether oxygens (including phenoxy) is 1. The van der Waals surface area contributed by atoms with Gasteiger partial charge < -0.3 is 4.74 Å². The van der Waals surface area contributed by atoms with Crippen LogP contribution in [-0.4, -0.2) is 28.6 Å². The number of carbonyl (C=O) groups is 2. The smallest absolute Gasteiger partial charge is 0.358 e. The summed E-state index contributed by atoms with van der Waals surface area (Å²) in [5, 5.41) is 4.24. The number of hydrogen-bond donors (Lipinski definition) is 0. The van der Waals surface area contributed by atoms with E-state index in [1.54, 1.807) is 6.07 Å². The van der Waals surface area contributed by atoms with Crippen LogP contribution in [0.15, 0.2) is 6.07 Å². The van der Waals surface area contributed by atoms with E-state index in [-0.39, 0.29) is 17.7 Å². The lowest BCUT2D eigenvalue weighted by molar-refractivity contribution is -0.124. The van der Waals surface area contributed by atoms with Crippen LogP contribution in [0.5, 0.6) is 0 Å². The minimum atomic E-state index is -0.434. The zero-order valence-corrected chi connectivity index (χ0v) is 10.3. The van der Waals surface area contributed by atoms with Gasteiger partial charge >= 0.3 is 5.97 Å². The topological polar surface area (TPSA) is 61.2 Å². The highest BCUT2D eigenvalue weighted by molar-refractivity contribution is 5.88. The molecule has 1 saturated carbocycles. The zero-order chi connectivity index (χ0) is 12.6. The number of methoxy groups -OCH3 is 1. The van der Waals surface area contributed by atoms with Crippen LogP contribution < -0.4 is 0 Å². The van der Waals surface area contributed by atoms with Crippen LogP contribution in [0, 0.1) is 0 Å². The average Bonchev–Trinajstić information content (AvgIpc) is 2.68. The van der Waals surface area contributed by atoms with Gasteiger partial charge in [0.25, 0.3) is 0 Å². The molecule has 0 radical (unpaired) electrons. The second kappa shape index (κ2) is 4.31. The van der Waals surface area contributed by atoms with Crippen LogP contribution in [0.2, 0.25) is 0 Å². The fourth-order valence-electron chi connectivity index (χ4n) is 2.03. The Balaban J connectivity index is 2.32. The van der Waals surface area contributed by atoms with Crippen LogP contribution in [0.25, 0.3) is 0 Å². The summed E-state index contributed by atoms with van der Waals surface area (Å²) in [5.74, 6) is 0.0400. The Hall–Kier alpha value is -1.65. The van der Waals surface area contributed by atoms with E-state index in [1.807, 2.05) is 18.5 Å².